The first kappa shape index (κ1) is 66.0. The molecule has 0 saturated heterocycles. The van der Waals surface area contributed by atoms with E-state index in [0.717, 1.165) is 116 Å². The molecular weight excluding hydrogens is 861 g/mol. The molecule has 5 heteroatoms. The third-order valence-electron chi connectivity index (χ3n) is 11.7. The Morgan fingerprint density at radius 2 is 0.643 bits per heavy atom. The lowest BCUT2D eigenvalue weighted by Gasteiger charge is -2.18. The molecule has 0 rings (SSSR count). The molecule has 396 valence electrons. The van der Waals surface area contributed by atoms with Gasteiger partial charge >= 0.3 is 11.9 Å². The molecule has 70 heavy (non-hydrogen) atoms. The molecule has 0 bridgehead atoms. The van der Waals surface area contributed by atoms with Crippen molar-refractivity contribution < 1.29 is 23.8 Å². The Balaban J connectivity index is 4.42. The smallest absolute Gasteiger partial charge is 0.306 e. The van der Waals surface area contributed by atoms with Gasteiger partial charge in [-0.2, -0.15) is 0 Å². The van der Waals surface area contributed by atoms with Crippen LogP contribution in [0.2, 0.25) is 0 Å². The van der Waals surface area contributed by atoms with Gasteiger partial charge in [0.15, 0.2) is 6.10 Å². The van der Waals surface area contributed by atoms with Gasteiger partial charge in [0.05, 0.1) is 13.2 Å². The summed E-state index contributed by atoms with van der Waals surface area (Å²) in [6.07, 6.45) is 84.9. The Bertz CT molecular complexity index is 1470. The minimum absolute atomic E-state index is 0.0381. The van der Waals surface area contributed by atoms with Gasteiger partial charge in [-0.25, -0.2) is 0 Å². The molecule has 1 atom stereocenters. The number of esters is 2. The molecule has 0 spiro atoms. The third kappa shape index (κ3) is 56.6. The van der Waals surface area contributed by atoms with Crippen LogP contribution in [-0.2, 0) is 23.8 Å². The molecule has 0 amide bonds. The van der Waals surface area contributed by atoms with Crippen LogP contribution in [0, 0.1) is 0 Å². The first-order valence-corrected chi connectivity index (χ1v) is 28.7. The van der Waals surface area contributed by atoms with Crippen molar-refractivity contribution in [3.8, 4) is 0 Å². The average molecular weight is 968 g/mol. The number of unbranched alkanes of at least 4 members (excludes halogenated alkanes) is 18. The van der Waals surface area contributed by atoms with Crippen molar-refractivity contribution in [2.45, 2.75) is 245 Å². The SMILES string of the molecule is CC/C=C\C/C=C\C/C=C\C/C=C\C/C=C\CCOCC(COC(=O)CCCCCCCC/C=C\C/C=C\C/C=C\C/C=C\CC)OC(=O)CCCCCCCCCCC/C=C\C/C=C\CCCCC. The van der Waals surface area contributed by atoms with Crippen LogP contribution in [-0.4, -0.2) is 37.9 Å². The van der Waals surface area contributed by atoms with Gasteiger partial charge in [-0.05, 0) is 122 Å². The second kappa shape index (κ2) is 59.3. The summed E-state index contributed by atoms with van der Waals surface area (Å²) in [6.45, 7) is 7.35. The summed E-state index contributed by atoms with van der Waals surface area (Å²) in [5, 5.41) is 0. The van der Waals surface area contributed by atoms with E-state index in [4.69, 9.17) is 14.2 Å². The van der Waals surface area contributed by atoms with Gasteiger partial charge < -0.3 is 14.2 Å². The van der Waals surface area contributed by atoms with Crippen LogP contribution in [0.5, 0.6) is 0 Å². The molecule has 1 unspecified atom stereocenters. The topological polar surface area (TPSA) is 61.8 Å². The first-order valence-electron chi connectivity index (χ1n) is 28.7. The molecule has 0 N–H and O–H groups in total. The van der Waals surface area contributed by atoms with E-state index < -0.39 is 6.10 Å². The van der Waals surface area contributed by atoms with Crippen molar-refractivity contribution >= 4 is 11.9 Å². The Kier molecular flexibility index (Phi) is 56.0. The standard InChI is InChI=1S/C65H106O5/c1-4-7-10-13-16-19-22-25-28-31-33-35-37-40-43-46-49-52-55-58-64(66)69-62-63(61-68-60-57-54-51-48-45-42-39-30-27-24-21-18-15-12-9-6-3)70-65(67)59-56-53-50-47-44-41-38-36-34-32-29-26-23-20-17-14-11-8-5-2/h7,9-10,12,16-21,25-30,33,35,42,45,51,54,63H,4-6,8,11,13-15,22-24,31-32,34,36-41,43-44,46-50,52-53,55-62H2,1-3H3/b10-7-,12-9-,19-16-,20-17-,21-18-,28-25-,29-26-,30-27-,35-33-,45-42-,54-51-. The van der Waals surface area contributed by atoms with Crippen LogP contribution in [0.4, 0.5) is 0 Å². The van der Waals surface area contributed by atoms with Crippen LogP contribution in [0.1, 0.15) is 239 Å². The van der Waals surface area contributed by atoms with E-state index in [2.05, 4.69) is 154 Å². The maximum absolute atomic E-state index is 12.9. The van der Waals surface area contributed by atoms with Gasteiger partial charge in [0.1, 0.15) is 6.61 Å². The maximum atomic E-state index is 12.9. The molecule has 0 aliphatic carbocycles. The predicted octanol–water partition coefficient (Wildman–Crippen LogP) is 19.9. The highest BCUT2D eigenvalue weighted by Gasteiger charge is 2.17. The average Bonchev–Trinajstić information content (AvgIpc) is 3.36. The molecule has 0 saturated carbocycles. The molecule has 0 heterocycles. The molecule has 0 aliphatic heterocycles. The van der Waals surface area contributed by atoms with Crippen molar-refractivity contribution in [3.05, 3.63) is 134 Å². The highest BCUT2D eigenvalue weighted by Crippen LogP contribution is 2.14. The zero-order valence-electron chi connectivity index (χ0n) is 45.5. The van der Waals surface area contributed by atoms with Crippen molar-refractivity contribution in [1.82, 2.24) is 0 Å². The second-order valence-electron chi connectivity index (χ2n) is 18.4. The molecular formula is C65H106O5. The fourth-order valence-corrected chi connectivity index (χ4v) is 7.48. The summed E-state index contributed by atoms with van der Waals surface area (Å²) in [6, 6.07) is 0. The van der Waals surface area contributed by atoms with Crippen molar-refractivity contribution in [3.63, 3.8) is 0 Å². The summed E-state index contributed by atoms with van der Waals surface area (Å²) >= 11 is 0. The highest BCUT2D eigenvalue weighted by molar-refractivity contribution is 5.70. The van der Waals surface area contributed by atoms with Gasteiger partial charge in [0.2, 0.25) is 0 Å². The zero-order valence-corrected chi connectivity index (χ0v) is 45.5. The summed E-state index contributed by atoms with van der Waals surface area (Å²) in [4.78, 5) is 25.5. The number of allylic oxidation sites excluding steroid dienone is 21. The Hall–Kier alpha value is -3.96. The monoisotopic (exact) mass is 967 g/mol. The Labute approximate surface area is 432 Å². The molecule has 0 aromatic carbocycles. The van der Waals surface area contributed by atoms with Gasteiger partial charge in [0.25, 0.3) is 0 Å². The molecule has 0 aromatic rings. The van der Waals surface area contributed by atoms with Crippen LogP contribution >= 0.6 is 0 Å². The lowest BCUT2D eigenvalue weighted by atomic mass is 10.1. The fraction of sp³-hybridized carbons (Fsp3) is 0.631. The zero-order chi connectivity index (χ0) is 50.6. The number of rotatable bonds is 51. The largest absolute Gasteiger partial charge is 0.462 e. The number of carbonyl (C=O) groups excluding carboxylic acids is 2. The third-order valence-corrected chi connectivity index (χ3v) is 11.7. The predicted molar refractivity (Wildman–Crippen MR) is 306 cm³/mol. The quantitative estimate of drug-likeness (QED) is 0.0345. The van der Waals surface area contributed by atoms with Gasteiger partial charge in [-0.3, -0.25) is 9.59 Å². The molecule has 0 fully saturated rings. The minimum Gasteiger partial charge on any atom is -0.462 e. The van der Waals surface area contributed by atoms with Gasteiger partial charge in [0, 0.05) is 12.8 Å². The van der Waals surface area contributed by atoms with Crippen LogP contribution < -0.4 is 0 Å². The van der Waals surface area contributed by atoms with E-state index in [1.807, 2.05) is 0 Å². The van der Waals surface area contributed by atoms with E-state index in [-0.39, 0.29) is 25.2 Å². The summed E-state index contributed by atoms with van der Waals surface area (Å²) in [5.74, 6) is -0.464. The maximum Gasteiger partial charge on any atom is 0.306 e. The van der Waals surface area contributed by atoms with E-state index in [1.54, 1.807) is 0 Å². The minimum atomic E-state index is -0.595. The Morgan fingerprint density at radius 1 is 0.329 bits per heavy atom. The molecule has 0 aliphatic rings. The number of ether oxygens (including phenoxy) is 3. The first-order chi connectivity index (χ1) is 34.6. The highest BCUT2D eigenvalue weighted by atomic mass is 16.6. The van der Waals surface area contributed by atoms with E-state index in [9.17, 15) is 9.59 Å². The second-order valence-corrected chi connectivity index (χ2v) is 18.4. The number of carbonyl (C=O) groups is 2. The summed E-state index contributed by atoms with van der Waals surface area (Å²) in [7, 11) is 0. The lowest BCUT2D eigenvalue weighted by Crippen LogP contribution is -2.30. The number of hydrogen-bond donors (Lipinski definition) is 0. The summed E-state index contributed by atoms with van der Waals surface area (Å²) in [5.41, 5.74) is 0. The summed E-state index contributed by atoms with van der Waals surface area (Å²) < 4.78 is 17.4. The van der Waals surface area contributed by atoms with E-state index in [0.29, 0.717) is 19.4 Å². The number of hydrogen-bond acceptors (Lipinski definition) is 5. The lowest BCUT2D eigenvalue weighted by molar-refractivity contribution is -0.162. The molecule has 5 nitrogen and oxygen atoms in total. The van der Waals surface area contributed by atoms with Crippen LogP contribution in [0.3, 0.4) is 0 Å². The molecule has 0 radical (unpaired) electrons. The van der Waals surface area contributed by atoms with Crippen LogP contribution in [0.15, 0.2) is 134 Å². The van der Waals surface area contributed by atoms with Crippen molar-refractivity contribution in [2.75, 3.05) is 19.8 Å². The van der Waals surface area contributed by atoms with Gasteiger partial charge in [-0.1, -0.05) is 238 Å². The van der Waals surface area contributed by atoms with Crippen LogP contribution in [0.25, 0.3) is 0 Å². The molecule has 0 aromatic heterocycles. The Morgan fingerprint density at radius 3 is 1.03 bits per heavy atom. The normalized spacial score (nSPS) is 13.2. The fourth-order valence-electron chi connectivity index (χ4n) is 7.48. The van der Waals surface area contributed by atoms with Gasteiger partial charge in [-0.15, -0.1) is 0 Å². The van der Waals surface area contributed by atoms with Crippen molar-refractivity contribution in [2.24, 2.45) is 0 Å². The van der Waals surface area contributed by atoms with Crippen molar-refractivity contribution in [1.29, 1.82) is 0 Å². The van der Waals surface area contributed by atoms with E-state index >= 15 is 0 Å². The van der Waals surface area contributed by atoms with E-state index in [1.165, 1.54) is 89.9 Å².